The van der Waals surface area contributed by atoms with Gasteiger partial charge < -0.3 is 10.2 Å². The predicted octanol–water partition coefficient (Wildman–Crippen LogP) is 1.77. The lowest BCUT2D eigenvalue weighted by Gasteiger charge is -2.23. The van der Waals surface area contributed by atoms with Crippen molar-refractivity contribution in [2.75, 3.05) is 20.1 Å². The molecule has 1 aromatic heterocycles. The lowest BCUT2D eigenvalue weighted by molar-refractivity contribution is 0.251. The van der Waals surface area contributed by atoms with Crippen LogP contribution in [0.1, 0.15) is 31.5 Å². The van der Waals surface area contributed by atoms with Gasteiger partial charge in [-0.1, -0.05) is 13.0 Å². The Morgan fingerprint density at radius 2 is 2.33 bits per heavy atom. The fourth-order valence-corrected chi connectivity index (χ4v) is 1.69. The van der Waals surface area contributed by atoms with Crippen molar-refractivity contribution in [3.63, 3.8) is 0 Å². The lowest BCUT2D eigenvalue weighted by atomic mass is 10.2. The first kappa shape index (κ1) is 14.6. The van der Waals surface area contributed by atoms with Gasteiger partial charge in [0, 0.05) is 37.4 Å². The fraction of sp³-hybridized carbons (Fsp3) is 0.571. The average Bonchev–Trinajstić information content (AvgIpc) is 2.42. The van der Waals surface area contributed by atoms with Crippen molar-refractivity contribution in [1.29, 1.82) is 5.26 Å². The van der Waals surface area contributed by atoms with Crippen molar-refractivity contribution in [2.45, 2.75) is 32.9 Å². The molecule has 4 nitrogen and oxygen atoms in total. The third-order valence-corrected chi connectivity index (χ3v) is 3.30. The van der Waals surface area contributed by atoms with Gasteiger partial charge in [-0.05, 0) is 26.5 Å². The third kappa shape index (κ3) is 4.44. The highest BCUT2D eigenvalue weighted by Gasteiger charge is 2.06. The van der Waals surface area contributed by atoms with E-state index >= 15 is 0 Å². The van der Waals surface area contributed by atoms with Gasteiger partial charge in [-0.25, -0.2) is 4.98 Å². The number of rotatable bonds is 7. The quantitative estimate of drug-likeness (QED) is 0.745. The Hall–Kier alpha value is -1.44. The molecule has 1 N–H and O–H groups in total. The van der Waals surface area contributed by atoms with E-state index in [2.05, 4.69) is 42.2 Å². The molecule has 0 aliphatic rings. The van der Waals surface area contributed by atoms with Crippen molar-refractivity contribution in [1.82, 2.24) is 15.2 Å². The summed E-state index contributed by atoms with van der Waals surface area (Å²) in [5, 5.41) is 12.3. The summed E-state index contributed by atoms with van der Waals surface area (Å²) in [6.07, 6.45) is 2.82. The maximum atomic E-state index is 8.92. The van der Waals surface area contributed by atoms with E-state index in [0.717, 1.165) is 25.1 Å². The van der Waals surface area contributed by atoms with Gasteiger partial charge in [0.15, 0.2) is 0 Å². The number of aromatic nitrogens is 1. The molecule has 0 aromatic carbocycles. The maximum Gasteiger partial charge on any atom is 0.144 e. The van der Waals surface area contributed by atoms with E-state index < -0.39 is 0 Å². The molecule has 4 heteroatoms. The number of likely N-dealkylation sites (N-methyl/N-ethyl adjacent to an activating group) is 1. The second-order valence-electron chi connectivity index (χ2n) is 4.54. The van der Waals surface area contributed by atoms with Crippen LogP contribution < -0.4 is 5.32 Å². The van der Waals surface area contributed by atoms with Gasteiger partial charge in [0.25, 0.3) is 0 Å². The molecular weight excluding hydrogens is 224 g/mol. The Kier molecular flexibility index (Phi) is 6.34. The monoisotopic (exact) mass is 246 g/mol. The maximum absolute atomic E-state index is 8.92. The summed E-state index contributed by atoms with van der Waals surface area (Å²) < 4.78 is 0. The molecule has 0 bridgehead atoms. The standard InChI is InChI=1S/C14H22N4/c1-4-12(2)18(3)9-8-16-11-13-6-5-7-17-14(13)10-15/h5-7,12,16H,4,8-9,11H2,1-3H3. The molecule has 0 spiro atoms. The minimum absolute atomic E-state index is 0.514. The molecule has 1 aromatic rings. The summed E-state index contributed by atoms with van der Waals surface area (Å²) in [6.45, 7) is 7.06. The average molecular weight is 246 g/mol. The van der Waals surface area contributed by atoms with E-state index in [9.17, 15) is 0 Å². The molecular formula is C14H22N4. The van der Waals surface area contributed by atoms with Gasteiger partial charge >= 0.3 is 0 Å². The highest BCUT2D eigenvalue weighted by atomic mass is 15.1. The topological polar surface area (TPSA) is 52.0 Å². The van der Waals surface area contributed by atoms with E-state index in [4.69, 9.17) is 5.26 Å². The Balaban J connectivity index is 2.32. The van der Waals surface area contributed by atoms with Crippen LogP contribution in [0, 0.1) is 11.3 Å². The van der Waals surface area contributed by atoms with Crippen molar-refractivity contribution >= 4 is 0 Å². The highest BCUT2D eigenvalue weighted by molar-refractivity contribution is 5.30. The molecule has 18 heavy (non-hydrogen) atoms. The molecule has 1 unspecified atom stereocenters. The van der Waals surface area contributed by atoms with Gasteiger partial charge in [0.2, 0.25) is 0 Å². The van der Waals surface area contributed by atoms with Crippen molar-refractivity contribution in [3.8, 4) is 6.07 Å². The van der Waals surface area contributed by atoms with Crippen molar-refractivity contribution < 1.29 is 0 Å². The number of hydrogen-bond acceptors (Lipinski definition) is 4. The van der Waals surface area contributed by atoms with Crippen LogP contribution in [0.2, 0.25) is 0 Å². The Labute approximate surface area is 110 Å². The molecule has 1 atom stereocenters. The second-order valence-corrected chi connectivity index (χ2v) is 4.54. The van der Waals surface area contributed by atoms with E-state index in [1.54, 1.807) is 6.20 Å². The zero-order valence-corrected chi connectivity index (χ0v) is 11.5. The zero-order valence-electron chi connectivity index (χ0n) is 11.5. The first-order chi connectivity index (χ1) is 8.69. The molecule has 1 heterocycles. The second kappa shape index (κ2) is 7.80. The minimum Gasteiger partial charge on any atom is -0.311 e. The summed E-state index contributed by atoms with van der Waals surface area (Å²) >= 11 is 0. The van der Waals surface area contributed by atoms with Crippen LogP contribution in [-0.4, -0.2) is 36.1 Å². The predicted molar refractivity (Wildman–Crippen MR) is 73.0 cm³/mol. The van der Waals surface area contributed by atoms with E-state index in [1.165, 1.54) is 0 Å². The van der Waals surface area contributed by atoms with Gasteiger partial charge in [0.1, 0.15) is 11.8 Å². The normalized spacial score (nSPS) is 12.4. The highest BCUT2D eigenvalue weighted by Crippen LogP contribution is 2.03. The largest absolute Gasteiger partial charge is 0.311 e. The SMILES string of the molecule is CCC(C)N(C)CCNCc1cccnc1C#N. The Morgan fingerprint density at radius 3 is 3.00 bits per heavy atom. The zero-order chi connectivity index (χ0) is 13.4. The van der Waals surface area contributed by atoms with Crippen LogP contribution in [0.4, 0.5) is 0 Å². The van der Waals surface area contributed by atoms with Gasteiger partial charge in [-0.15, -0.1) is 0 Å². The minimum atomic E-state index is 0.514. The van der Waals surface area contributed by atoms with Crippen LogP contribution in [0.5, 0.6) is 0 Å². The molecule has 98 valence electrons. The van der Waals surface area contributed by atoms with E-state index in [-0.39, 0.29) is 0 Å². The first-order valence-electron chi connectivity index (χ1n) is 6.44. The number of pyridine rings is 1. The van der Waals surface area contributed by atoms with Crippen LogP contribution >= 0.6 is 0 Å². The number of nitrogens with zero attached hydrogens (tertiary/aromatic N) is 3. The summed E-state index contributed by atoms with van der Waals surface area (Å²) in [4.78, 5) is 6.38. The molecule has 1 rings (SSSR count). The van der Waals surface area contributed by atoms with Crippen LogP contribution in [0.25, 0.3) is 0 Å². The summed E-state index contributed by atoms with van der Waals surface area (Å²) in [5.41, 5.74) is 1.48. The molecule has 0 amide bonds. The van der Waals surface area contributed by atoms with Crippen LogP contribution in [-0.2, 0) is 6.54 Å². The number of hydrogen-bond donors (Lipinski definition) is 1. The summed E-state index contributed by atoms with van der Waals surface area (Å²) in [6, 6.07) is 6.53. The van der Waals surface area contributed by atoms with Crippen molar-refractivity contribution in [2.24, 2.45) is 0 Å². The van der Waals surface area contributed by atoms with E-state index in [0.29, 0.717) is 18.3 Å². The van der Waals surface area contributed by atoms with Crippen LogP contribution in [0.3, 0.4) is 0 Å². The van der Waals surface area contributed by atoms with Gasteiger partial charge in [0.05, 0.1) is 0 Å². The molecule has 0 aliphatic heterocycles. The van der Waals surface area contributed by atoms with E-state index in [1.807, 2.05) is 12.1 Å². The third-order valence-electron chi connectivity index (χ3n) is 3.30. The van der Waals surface area contributed by atoms with Crippen molar-refractivity contribution in [3.05, 3.63) is 29.6 Å². The van der Waals surface area contributed by atoms with Gasteiger partial charge in [-0.3, -0.25) is 0 Å². The summed E-state index contributed by atoms with van der Waals surface area (Å²) in [5.74, 6) is 0. The molecule has 0 saturated heterocycles. The lowest BCUT2D eigenvalue weighted by Crippen LogP contribution is -2.34. The molecule has 0 radical (unpaired) electrons. The Bertz CT molecular complexity index is 397. The molecule has 0 fully saturated rings. The molecule has 0 aliphatic carbocycles. The first-order valence-corrected chi connectivity index (χ1v) is 6.44. The fourth-order valence-electron chi connectivity index (χ4n) is 1.69. The van der Waals surface area contributed by atoms with Gasteiger partial charge in [-0.2, -0.15) is 5.26 Å². The van der Waals surface area contributed by atoms with Crippen LogP contribution in [0.15, 0.2) is 18.3 Å². The smallest absolute Gasteiger partial charge is 0.144 e. The Morgan fingerprint density at radius 1 is 1.56 bits per heavy atom. The number of nitrogens with one attached hydrogen (secondary N) is 1. The number of nitriles is 1. The molecule has 0 saturated carbocycles. The summed E-state index contributed by atoms with van der Waals surface area (Å²) in [7, 11) is 2.14.